The number of rotatable bonds is 5. The van der Waals surface area contributed by atoms with Crippen molar-refractivity contribution < 1.29 is 9.59 Å². The molecule has 1 aromatic carbocycles. The molecule has 2 N–H and O–H groups in total. The summed E-state index contributed by atoms with van der Waals surface area (Å²) in [7, 11) is 0. The van der Waals surface area contributed by atoms with Crippen LogP contribution in [-0.4, -0.2) is 17.6 Å². The van der Waals surface area contributed by atoms with E-state index in [1.807, 2.05) is 30.3 Å². The lowest BCUT2D eigenvalue weighted by molar-refractivity contribution is -0.139. The molecule has 0 aliphatic heterocycles. The Morgan fingerprint density at radius 3 is 2.39 bits per heavy atom. The third-order valence-electron chi connectivity index (χ3n) is 3.60. The average molecular weight is 245 g/mol. The quantitative estimate of drug-likeness (QED) is 0.806. The SMILES string of the molecule is N[C@@H](Cc1ccccc1)C(=O)C(=O)C1CCCC1. The Morgan fingerprint density at radius 2 is 1.78 bits per heavy atom. The molecule has 0 unspecified atom stereocenters. The molecule has 0 saturated heterocycles. The van der Waals surface area contributed by atoms with Crippen molar-refractivity contribution in [1.29, 1.82) is 0 Å². The highest BCUT2D eigenvalue weighted by Gasteiger charge is 2.30. The highest BCUT2D eigenvalue weighted by atomic mass is 16.2. The predicted octanol–water partition coefficient (Wildman–Crippen LogP) is 1.88. The Bertz CT molecular complexity index is 421. The van der Waals surface area contributed by atoms with Gasteiger partial charge in [0.05, 0.1) is 6.04 Å². The van der Waals surface area contributed by atoms with Crippen LogP contribution in [0.3, 0.4) is 0 Å². The third kappa shape index (κ3) is 3.05. The molecule has 1 saturated carbocycles. The van der Waals surface area contributed by atoms with Crippen LogP contribution in [-0.2, 0) is 16.0 Å². The van der Waals surface area contributed by atoms with E-state index in [0.717, 1.165) is 31.2 Å². The highest BCUT2D eigenvalue weighted by molar-refractivity contribution is 6.39. The molecular formula is C15H19NO2. The van der Waals surface area contributed by atoms with Crippen molar-refractivity contribution in [3.05, 3.63) is 35.9 Å². The molecule has 18 heavy (non-hydrogen) atoms. The summed E-state index contributed by atoms with van der Waals surface area (Å²) in [4.78, 5) is 23.9. The largest absolute Gasteiger partial charge is 0.321 e. The van der Waals surface area contributed by atoms with Gasteiger partial charge >= 0.3 is 0 Å². The number of Topliss-reactive ketones (excluding diaryl/α,β-unsaturated/α-hetero) is 2. The lowest BCUT2D eigenvalue weighted by atomic mass is 9.93. The first kappa shape index (κ1) is 13.0. The Hall–Kier alpha value is -1.48. The molecule has 0 aromatic heterocycles. The zero-order valence-corrected chi connectivity index (χ0v) is 10.5. The minimum Gasteiger partial charge on any atom is -0.321 e. The first-order valence-corrected chi connectivity index (χ1v) is 6.56. The van der Waals surface area contributed by atoms with E-state index in [2.05, 4.69) is 0 Å². The molecule has 0 heterocycles. The van der Waals surface area contributed by atoms with Crippen molar-refractivity contribution in [2.24, 2.45) is 11.7 Å². The maximum absolute atomic E-state index is 12.0. The van der Waals surface area contributed by atoms with E-state index in [1.165, 1.54) is 0 Å². The maximum atomic E-state index is 12.0. The van der Waals surface area contributed by atoms with Crippen LogP contribution in [0, 0.1) is 5.92 Å². The van der Waals surface area contributed by atoms with Gasteiger partial charge in [0.15, 0.2) is 0 Å². The van der Waals surface area contributed by atoms with Gasteiger partial charge in [-0.05, 0) is 24.8 Å². The van der Waals surface area contributed by atoms with Crippen LogP contribution in [0.5, 0.6) is 0 Å². The minimum atomic E-state index is -0.694. The van der Waals surface area contributed by atoms with Crippen molar-refractivity contribution in [3.63, 3.8) is 0 Å². The van der Waals surface area contributed by atoms with Gasteiger partial charge in [-0.1, -0.05) is 43.2 Å². The number of carbonyl (C=O) groups is 2. The number of ketones is 2. The molecule has 96 valence electrons. The fourth-order valence-electron chi connectivity index (χ4n) is 2.53. The van der Waals surface area contributed by atoms with Crippen molar-refractivity contribution in [3.8, 4) is 0 Å². The van der Waals surface area contributed by atoms with Gasteiger partial charge in [0, 0.05) is 5.92 Å². The van der Waals surface area contributed by atoms with E-state index < -0.39 is 11.8 Å². The molecule has 3 nitrogen and oxygen atoms in total. The van der Waals surface area contributed by atoms with Gasteiger partial charge in [0.25, 0.3) is 0 Å². The summed E-state index contributed by atoms with van der Waals surface area (Å²) in [5, 5.41) is 0. The second kappa shape index (κ2) is 5.91. The van der Waals surface area contributed by atoms with E-state index in [4.69, 9.17) is 5.73 Å². The van der Waals surface area contributed by atoms with Crippen molar-refractivity contribution in [2.75, 3.05) is 0 Å². The molecule has 1 aromatic rings. The lowest BCUT2D eigenvalue weighted by Crippen LogP contribution is -2.40. The summed E-state index contributed by atoms with van der Waals surface area (Å²) in [6.45, 7) is 0. The second-order valence-electron chi connectivity index (χ2n) is 5.01. The van der Waals surface area contributed by atoms with E-state index in [-0.39, 0.29) is 11.7 Å². The lowest BCUT2D eigenvalue weighted by Gasteiger charge is -2.12. The zero-order valence-electron chi connectivity index (χ0n) is 10.5. The summed E-state index contributed by atoms with van der Waals surface area (Å²) in [6.07, 6.45) is 4.25. The number of hydrogen-bond acceptors (Lipinski definition) is 3. The molecule has 0 spiro atoms. The average Bonchev–Trinajstić information content (AvgIpc) is 2.92. The molecule has 2 rings (SSSR count). The van der Waals surface area contributed by atoms with Crippen molar-refractivity contribution in [1.82, 2.24) is 0 Å². The van der Waals surface area contributed by atoms with Crippen LogP contribution >= 0.6 is 0 Å². The minimum absolute atomic E-state index is 0.0701. The molecule has 3 heteroatoms. The van der Waals surface area contributed by atoms with Gasteiger partial charge in [0.2, 0.25) is 11.6 Å². The molecular weight excluding hydrogens is 226 g/mol. The summed E-state index contributed by atoms with van der Waals surface area (Å²) >= 11 is 0. The van der Waals surface area contributed by atoms with E-state index >= 15 is 0 Å². The first-order chi connectivity index (χ1) is 8.68. The maximum Gasteiger partial charge on any atom is 0.215 e. The predicted molar refractivity (Wildman–Crippen MR) is 70.1 cm³/mol. The smallest absolute Gasteiger partial charge is 0.215 e. The highest BCUT2D eigenvalue weighted by Crippen LogP contribution is 2.26. The fourth-order valence-corrected chi connectivity index (χ4v) is 2.53. The van der Waals surface area contributed by atoms with E-state index in [1.54, 1.807) is 0 Å². The Kier molecular flexibility index (Phi) is 4.26. The van der Waals surface area contributed by atoms with Gasteiger partial charge in [-0.15, -0.1) is 0 Å². The van der Waals surface area contributed by atoms with Crippen molar-refractivity contribution in [2.45, 2.75) is 38.1 Å². The normalized spacial score (nSPS) is 17.6. The summed E-state index contributed by atoms with van der Waals surface area (Å²) in [5.74, 6) is -0.721. The number of benzene rings is 1. The third-order valence-corrected chi connectivity index (χ3v) is 3.60. The van der Waals surface area contributed by atoms with Crippen LogP contribution in [0.1, 0.15) is 31.2 Å². The standard InChI is InChI=1S/C15H19NO2/c16-13(10-11-6-2-1-3-7-11)15(18)14(17)12-8-4-5-9-12/h1-3,6-7,12-13H,4-5,8-10,16H2/t13-/m0/s1. The van der Waals surface area contributed by atoms with Crippen LogP contribution < -0.4 is 5.73 Å². The van der Waals surface area contributed by atoms with Crippen LogP contribution in [0.2, 0.25) is 0 Å². The second-order valence-corrected chi connectivity index (χ2v) is 5.01. The van der Waals surface area contributed by atoms with Gasteiger partial charge in [-0.3, -0.25) is 9.59 Å². The summed E-state index contributed by atoms with van der Waals surface area (Å²) in [6, 6.07) is 8.89. The van der Waals surface area contributed by atoms with Gasteiger partial charge < -0.3 is 5.73 Å². The molecule has 1 fully saturated rings. The first-order valence-electron chi connectivity index (χ1n) is 6.56. The molecule has 0 amide bonds. The molecule has 1 aliphatic carbocycles. The summed E-state index contributed by atoms with van der Waals surface area (Å²) < 4.78 is 0. The monoisotopic (exact) mass is 245 g/mol. The van der Waals surface area contributed by atoms with Crippen LogP contribution in [0.15, 0.2) is 30.3 Å². The topological polar surface area (TPSA) is 60.2 Å². The fraction of sp³-hybridized carbons (Fsp3) is 0.467. The molecule has 0 radical (unpaired) electrons. The Labute approximate surface area is 107 Å². The molecule has 0 bridgehead atoms. The van der Waals surface area contributed by atoms with Crippen LogP contribution in [0.25, 0.3) is 0 Å². The van der Waals surface area contributed by atoms with E-state index in [0.29, 0.717) is 6.42 Å². The molecule has 1 atom stereocenters. The number of carbonyl (C=O) groups excluding carboxylic acids is 2. The zero-order chi connectivity index (χ0) is 13.0. The van der Waals surface area contributed by atoms with Gasteiger partial charge in [0.1, 0.15) is 0 Å². The molecule has 1 aliphatic rings. The van der Waals surface area contributed by atoms with E-state index in [9.17, 15) is 9.59 Å². The summed E-state index contributed by atoms with van der Waals surface area (Å²) in [5.41, 5.74) is 6.85. The van der Waals surface area contributed by atoms with Crippen LogP contribution in [0.4, 0.5) is 0 Å². The number of hydrogen-bond donors (Lipinski definition) is 1. The Balaban J connectivity index is 1.94. The van der Waals surface area contributed by atoms with Crippen molar-refractivity contribution >= 4 is 11.6 Å². The number of nitrogens with two attached hydrogens (primary N) is 1. The van der Waals surface area contributed by atoms with Gasteiger partial charge in [-0.2, -0.15) is 0 Å². The van der Waals surface area contributed by atoms with Gasteiger partial charge in [-0.25, -0.2) is 0 Å². The Morgan fingerprint density at radius 1 is 1.17 bits per heavy atom.